The SMILES string of the molecule is C[C@@H](O)CCN(C)C1CCN(c2ccc(NC(=O)Nc3ccc(OC4CCCC4)nc3)cc2)C1.[HH]. The van der Waals surface area contributed by atoms with Gasteiger partial charge in [-0.05, 0) is 82.8 Å². The van der Waals surface area contributed by atoms with Crippen LogP contribution in [0.3, 0.4) is 0 Å². The van der Waals surface area contributed by atoms with Gasteiger partial charge < -0.3 is 30.3 Å². The van der Waals surface area contributed by atoms with E-state index in [2.05, 4.69) is 32.5 Å². The highest BCUT2D eigenvalue weighted by Gasteiger charge is 2.26. The Morgan fingerprint density at radius 3 is 2.56 bits per heavy atom. The Morgan fingerprint density at radius 2 is 1.88 bits per heavy atom. The maximum Gasteiger partial charge on any atom is 0.323 e. The number of carbonyl (C=O) groups excluding carboxylic acids is 1. The zero-order chi connectivity index (χ0) is 23.9. The Morgan fingerprint density at radius 1 is 1.18 bits per heavy atom. The molecule has 1 saturated carbocycles. The minimum absolute atomic E-state index is 0. The maximum atomic E-state index is 12.4. The zero-order valence-electron chi connectivity index (χ0n) is 20.2. The number of aliphatic hydroxyl groups excluding tert-OH is 1. The largest absolute Gasteiger partial charge is 0.474 e. The van der Waals surface area contributed by atoms with Crippen LogP contribution in [0.5, 0.6) is 5.88 Å². The van der Waals surface area contributed by atoms with Gasteiger partial charge in [0.15, 0.2) is 0 Å². The fourth-order valence-electron chi connectivity index (χ4n) is 4.66. The summed E-state index contributed by atoms with van der Waals surface area (Å²) >= 11 is 0. The summed E-state index contributed by atoms with van der Waals surface area (Å²) in [6, 6.07) is 11.7. The van der Waals surface area contributed by atoms with Crippen LogP contribution in [0.4, 0.5) is 21.9 Å². The van der Waals surface area contributed by atoms with Crippen LogP contribution >= 0.6 is 0 Å². The van der Waals surface area contributed by atoms with E-state index in [0.29, 0.717) is 17.6 Å². The van der Waals surface area contributed by atoms with Crippen LogP contribution in [0.1, 0.15) is 46.9 Å². The van der Waals surface area contributed by atoms with Gasteiger partial charge in [-0.3, -0.25) is 0 Å². The number of rotatable bonds is 9. The Kier molecular flexibility index (Phi) is 8.24. The zero-order valence-corrected chi connectivity index (χ0v) is 20.2. The third-order valence-electron chi connectivity index (χ3n) is 6.76. The molecular formula is C26H39N5O3. The molecule has 34 heavy (non-hydrogen) atoms. The lowest BCUT2D eigenvalue weighted by Crippen LogP contribution is -2.36. The predicted molar refractivity (Wildman–Crippen MR) is 138 cm³/mol. The summed E-state index contributed by atoms with van der Waals surface area (Å²) in [6.45, 7) is 4.71. The summed E-state index contributed by atoms with van der Waals surface area (Å²) in [5.41, 5.74) is 2.51. The van der Waals surface area contributed by atoms with Crippen molar-refractivity contribution in [1.29, 1.82) is 0 Å². The first-order valence-corrected chi connectivity index (χ1v) is 12.4. The summed E-state index contributed by atoms with van der Waals surface area (Å²) in [7, 11) is 2.13. The van der Waals surface area contributed by atoms with Crippen LogP contribution in [-0.4, -0.2) is 66.0 Å². The van der Waals surface area contributed by atoms with Crippen molar-refractivity contribution in [3.05, 3.63) is 42.6 Å². The maximum absolute atomic E-state index is 12.4. The van der Waals surface area contributed by atoms with Gasteiger partial charge in [0.2, 0.25) is 5.88 Å². The number of hydrogen-bond donors (Lipinski definition) is 3. The van der Waals surface area contributed by atoms with E-state index in [1.54, 1.807) is 12.3 Å². The van der Waals surface area contributed by atoms with Gasteiger partial charge in [0.05, 0.1) is 18.0 Å². The first-order chi connectivity index (χ1) is 16.5. The minimum atomic E-state index is -0.306. The number of ether oxygens (including phenoxy) is 1. The molecule has 2 aromatic rings. The molecule has 2 aliphatic rings. The highest BCUT2D eigenvalue weighted by molar-refractivity contribution is 5.99. The second kappa shape index (κ2) is 11.5. The third-order valence-corrected chi connectivity index (χ3v) is 6.76. The number of pyridine rings is 1. The number of benzene rings is 1. The average Bonchev–Trinajstić information content (AvgIpc) is 3.52. The van der Waals surface area contributed by atoms with Gasteiger partial charge in [-0.15, -0.1) is 0 Å². The number of urea groups is 1. The fourth-order valence-corrected chi connectivity index (χ4v) is 4.66. The molecule has 2 heterocycles. The Labute approximate surface area is 203 Å². The van der Waals surface area contributed by atoms with E-state index in [1.165, 1.54) is 12.8 Å². The van der Waals surface area contributed by atoms with Gasteiger partial charge in [0.25, 0.3) is 0 Å². The lowest BCUT2D eigenvalue weighted by Gasteiger charge is -2.25. The molecule has 1 unspecified atom stereocenters. The van der Waals surface area contributed by atoms with Crippen LogP contribution < -0.4 is 20.3 Å². The molecule has 2 atom stereocenters. The second-order valence-electron chi connectivity index (χ2n) is 9.54. The number of anilines is 3. The van der Waals surface area contributed by atoms with Crippen molar-refractivity contribution >= 4 is 23.1 Å². The molecule has 1 saturated heterocycles. The van der Waals surface area contributed by atoms with Gasteiger partial charge in [0, 0.05) is 44.5 Å². The number of nitrogens with zero attached hydrogens (tertiary/aromatic N) is 3. The summed E-state index contributed by atoms with van der Waals surface area (Å²) in [4.78, 5) is 21.4. The molecule has 0 radical (unpaired) electrons. The van der Waals surface area contributed by atoms with E-state index in [0.717, 1.165) is 56.7 Å². The van der Waals surface area contributed by atoms with E-state index in [-0.39, 0.29) is 19.7 Å². The molecule has 1 aromatic heterocycles. The van der Waals surface area contributed by atoms with E-state index in [4.69, 9.17) is 4.74 Å². The lowest BCUT2D eigenvalue weighted by atomic mass is 10.2. The molecule has 8 nitrogen and oxygen atoms in total. The van der Waals surface area contributed by atoms with Gasteiger partial charge >= 0.3 is 6.03 Å². The topological polar surface area (TPSA) is 90.0 Å². The highest BCUT2D eigenvalue weighted by atomic mass is 16.5. The van der Waals surface area contributed by atoms with E-state index in [9.17, 15) is 9.90 Å². The van der Waals surface area contributed by atoms with E-state index in [1.807, 2.05) is 37.3 Å². The molecule has 1 aromatic carbocycles. The summed E-state index contributed by atoms with van der Waals surface area (Å²) in [5, 5.41) is 15.2. The fraction of sp³-hybridized carbons (Fsp3) is 0.538. The van der Waals surface area contributed by atoms with Crippen molar-refractivity contribution in [2.24, 2.45) is 0 Å². The standard InChI is InChI=1S/C26H37N5O3.H2/c1-19(32)13-15-30(2)23-14-16-31(18-23)22-10-7-20(8-11-22)28-26(33)29-21-9-12-25(27-17-21)34-24-5-3-4-6-24;/h7-12,17,19,23-24,32H,3-6,13-16,18H2,1-2H3,(H2,28,29,33);1H/t19-,23?;/m1./s1. The number of hydrogen-bond acceptors (Lipinski definition) is 6. The van der Waals surface area contributed by atoms with Crippen molar-refractivity contribution in [2.45, 2.75) is 63.7 Å². The van der Waals surface area contributed by atoms with Crippen LogP contribution in [0.25, 0.3) is 0 Å². The van der Waals surface area contributed by atoms with E-state index >= 15 is 0 Å². The van der Waals surface area contributed by atoms with Crippen molar-refractivity contribution in [3.63, 3.8) is 0 Å². The van der Waals surface area contributed by atoms with Gasteiger partial charge in [-0.1, -0.05) is 0 Å². The molecule has 2 amide bonds. The monoisotopic (exact) mass is 469 g/mol. The average molecular weight is 470 g/mol. The molecule has 0 bridgehead atoms. The molecule has 3 N–H and O–H groups in total. The number of carbonyl (C=O) groups is 1. The van der Waals surface area contributed by atoms with Crippen molar-refractivity contribution in [2.75, 3.05) is 42.2 Å². The van der Waals surface area contributed by atoms with Gasteiger partial charge in [-0.2, -0.15) is 0 Å². The quantitative estimate of drug-likeness (QED) is 0.498. The number of likely N-dealkylation sites (N-methyl/N-ethyl adjacent to an activating group) is 1. The third kappa shape index (κ3) is 6.84. The van der Waals surface area contributed by atoms with Crippen molar-refractivity contribution in [1.82, 2.24) is 9.88 Å². The first-order valence-electron chi connectivity index (χ1n) is 12.4. The Balaban J connectivity index is 0.00000342. The van der Waals surface area contributed by atoms with Crippen LogP contribution in [0, 0.1) is 0 Å². The second-order valence-corrected chi connectivity index (χ2v) is 9.54. The van der Waals surface area contributed by atoms with Crippen LogP contribution in [-0.2, 0) is 0 Å². The molecule has 1 aliphatic heterocycles. The molecule has 186 valence electrons. The normalized spacial score (nSPS) is 19.4. The minimum Gasteiger partial charge on any atom is -0.474 e. The van der Waals surface area contributed by atoms with Gasteiger partial charge in [-0.25, -0.2) is 9.78 Å². The van der Waals surface area contributed by atoms with Crippen LogP contribution in [0.15, 0.2) is 42.6 Å². The Bertz CT molecular complexity index is 920. The van der Waals surface area contributed by atoms with E-state index < -0.39 is 0 Å². The number of nitrogens with one attached hydrogen (secondary N) is 2. The molecule has 1 aliphatic carbocycles. The van der Waals surface area contributed by atoms with Gasteiger partial charge in [0.1, 0.15) is 6.10 Å². The molecule has 8 heteroatoms. The molecule has 4 rings (SSSR count). The number of aromatic nitrogens is 1. The summed E-state index contributed by atoms with van der Waals surface area (Å²) in [5.74, 6) is 0.603. The first kappa shape index (κ1) is 24.3. The number of amides is 2. The highest BCUT2D eigenvalue weighted by Crippen LogP contribution is 2.25. The summed E-state index contributed by atoms with van der Waals surface area (Å²) < 4.78 is 5.87. The number of aliphatic hydroxyl groups is 1. The molecule has 2 fully saturated rings. The molecule has 0 spiro atoms. The van der Waals surface area contributed by atoms with Crippen molar-refractivity contribution in [3.8, 4) is 5.88 Å². The van der Waals surface area contributed by atoms with Crippen LogP contribution in [0.2, 0.25) is 0 Å². The van der Waals surface area contributed by atoms with Crippen molar-refractivity contribution < 1.29 is 16.1 Å². The summed E-state index contributed by atoms with van der Waals surface area (Å²) in [6.07, 6.45) is 8.13. The predicted octanol–water partition coefficient (Wildman–Crippen LogP) is 4.57. The smallest absolute Gasteiger partial charge is 0.323 e. The Hall–Kier alpha value is -2.84. The lowest BCUT2D eigenvalue weighted by molar-refractivity contribution is 0.153. The molecular weight excluding hydrogens is 430 g/mol.